The van der Waals surface area contributed by atoms with E-state index >= 15 is 0 Å². The van der Waals surface area contributed by atoms with Crippen LogP contribution >= 0.6 is 0 Å². The minimum atomic E-state index is -0.258. The lowest BCUT2D eigenvalue weighted by Gasteiger charge is -2.26. The second kappa shape index (κ2) is 7.38. The highest BCUT2D eigenvalue weighted by atomic mass is 19.1. The lowest BCUT2D eigenvalue weighted by Crippen LogP contribution is -2.36. The summed E-state index contributed by atoms with van der Waals surface area (Å²) in [6.07, 6.45) is 3.27. The van der Waals surface area contributed by atoms with Crippen LogP contribution in [0.3, 0.4) is 0 Å². The monoisotopic (exact) mass is 328 g/mol. The minimum Gasteiger partial charge on any atom is -0.366 e. The maximum Gasteiger partial charge on any atom is 0.272 e. The third-order valence-corrected chi connectivity index (χ3v) is 4.09. The molecule has 1 aromatic carbocycles. The van der Waals surface area contributed by atoms with Gasteiger partial charge in [-0.3, -0.25) is 4.79 Å². The molecule has 0 aliphatic carbocycles. The first-order valence-electron chi connectivity index (χ1n) is 8.25. The van der Waals surface area contributed by atoms with Crippen LogP contribution in [0, 0.1) is 12.7 Å². The number of hydrogen-bond donors (Lipinski definition) is 1. The van der Waals surface area contributed by atoms with Crippen LogP contribution in [0.2, 0.25) is 0 Å². The number of piperidine rings is 1. The molecule has 2 heterocycles. The largest absolute Gasteiger partial charge is 0.366 e. The topological polar surface area (TPSA) is 58.1 Å². The molecular formula is C18H21FN4O. The van der Waals surface area contributed by atoms with E-state index in [1.54, 1.807) is 25.1 Å². The van der Waals surface area contributed by atoms with Gasteiger partial charge in [-0.05, 0) is 43.9 Å². The van der Waals surface area contributed by atoms with Crippen molar-refractivity contribution in [2.45, 2.75) is 32.7 Å². The number of nitrogens with zero attached hydrogens (tertiary/aromatic N) is 3. The third kappa shape index (κ3) is 4.07. The summed E-state index contributed by atoms with van der Waals surface area (Å²) in [5.74, 6) is 0.864. The second-order valence-corrected chi connectivity index (χ2v) is 6.02. The molecule has 0 unspecified atom stereocenters. The number of halogens is 1. The number of likely N-dealkylation sites (tertiary alicyclic amines) is 1. The first-order chi connectivity index (χ1) is 11.6. The van der Waals surface area contributed by atoms with Crippen LogP contribution in [0.1, 0.15) is 41.1 Å². The number of nitrogens with one attached hydrogen (secondary N) is 1. The van der Waals surface area contributed by atoms with Crippen molar-refractivity contribution in [2.75, 3.05) is 18.4 Å². The van der Waals surface area contributed by atoms with Crippen molar-refractivity contribution in [3.63, 3.8) is 0 Å². The van der Waals surface area contributed by atoms with Crippen molar-refractivity contribution in [3.8, 4) is 0 Å². The second-order valence-electron chi connectivity index (χ2n) is 6.02. The molecule has 0 radical (unpaired) electrons. The molecule has 6 heteroatoms. The number of rotatable bonds is 4. The molecule has 1 N–H and O–H groups in total. The van der Waals surface area contributed by atoms with E-state index in [4.69, 9.17) is 0 Å². The number of hydrogen-bond acceptors (Lipinski definition) is 4. The molecule has 1 aliphatic heterocycles. The lowest BCUT2D eigenvalue weighted by molar-refractivity contribution is 0.0718. The molecule has 1 saturated heterocycles. The van der Waals surface area contributed by atoms with Gasteiger partial charge in [0.2, 0.25) is 0 Å². The molecule has 1 aromatic heterocycles. The zero-order valence-corrected chi connectivity index (χ0v) is 13.8. The number of benzene rings is 1. The minimum absolute atomic E-state index is 0.0370. The molecule has 5 nitrogen and oxygen atoms in total. The van der Waals surface area contributed by atoms with Crippen LogP contribution in [-0.2, 0) is 6.54 Å². The highest BCUT2D eigenvalue weighted by Gasteiger charge is 2.20. The Balaban J connectivity index is 1.71. The van der Waals surface area contributed by atoms with Crippen LogP contribution in [0.15, 0.2) is 30.3 Å². The van der Waals surface area contributed by atoms with Crippen LogP contribution in [0.25, 0.3) is 0 Å². The van der Waals surface area contributed by atoms with Crippen molar-refractivity contribution in [1.29, 1.82) is 0 Å². The van der Waals surface area contributed by atoms with Crippen molar-refractivity contribution in [1.82, 2.24) is 14.9 Å². The Bertz CT molecular complexity index is 711. The molecular weight excluding hydrogens is 307 g/mol. The van der Waals surface area contributed by atoms with Gasteiger partial charge in [-0.15, -0.1) is 0 Å². The van der Waals surface area contributed by atoms with Gasteiger partial charge in [-0.1, -0.05) is 12.1 Å². The molecule has 0 atom stereocenters. The summed E-state index contributed by atoms with van der Waals surface area (Å²) in [6.45, 7) is 3.87. The van der Waals surface area contributed by atoms with Gasteiger partial charge in [0.25, 0.3) is 5.91 Å². The van der Waals surface area contributed by atoms with E-state index in [1.807, 2.05) is 4.90 Å². The number of anilines is 1. The van der Waals surface area contributed by atoms with E-state index < -0.39 is 0 Å². The van der Waals surface area contributed by atoms with E-state index in [1.165, 1.54) is 18.6 Å². The zero-order chi connectivity index (χ0) is 16.9. The van der Waals surface area contributed by atoms with Crippen molar-refractivity contribution >= 4 is 11.7 Å². The molecule has 1 amide bonds. The van der Waals surface area contributed by atoms with Gasteiger partial charge < -0.3 is 10.2 Å². The average Bonchev–Trinajstić information content (AvgIpc) is 2.61. The summed E-state index contributed by atoms with van der Waals surface area (Å²) in [5, 5.41) is 3.18. The number of carbonyl (C=O) groups excluding carboxylic acids is 1. The average molecular weight is 328 g/mol. The highest BCUT2D eigenvalue weighted by Crippen LogP contribution is 2.15. The van der Waals surface area contributed by atoms with Gasteiger partial charge in [0.15, 0.2) is 0 Å². The van der Waals surface area contributed by atoms with Crippen molar-refractivity contribution in [2.24, 2.45) is 0 Å². The van der Waals surface area contributed by atoms with E-state index in [9.17, 15) is 9.18 Å². The van der Waals surface area contributed by atoms with Crippen LogP contribution in [-0.4, -0.2) is 33.9 Å². The Morgan fingerprint density at radius 3 is 2.58 bits per heavy atom. The fourth-order valence-corrected chi connectivity index (χ4v) is 2.82. The normalized spacial score (nSPS) is 14.5. The van der Waals surface area contributed by atoms with Crippen molar-refractivity contribution < 1.29 is 9.18 Å². The maximum absolute atomic E-state index is 12.9. The summed E-state index contributed by atoms with van der Waals surface area (Å²) < 4.78 is 12.9. The third-order valence-electron chi connectivity index (χ3n) is 4.09. The molecule has 126 valence electrons. The summed E-state index contributed by atoms with van der Waals surface area (Å²) in [4.78, 5) is 23.0. The standard InChI is InChI=1S/C18H21FN4O/c1-13-21-16(18(24)23-9-3-2-4-10-23)11-17(22-13)20-12-14-5-7-15(19)8-6-14/h5-8,11H,2-4,9-10,12H2,1H3,(H,20,21,22). The summed E-state index contributed by atoms with van der Waals surface area (Å²) in [6, 6.07) is 7.97. The van der Waals surface area contributed by atoms with Gasteiger partial charge in [0, 0.05) is 25.7 Å². The molecule has 0 saturated carbocycles. The Morgan fingerprint density at radius 1 is 1.17 bits per heavy atom. The predicted octanol–water partition coefficient (Wildman–Crippen LogP) is 3.16. The first-order valence-corrected chi connectivity index (χ1v) is 8.25. The first kappa shape index (κ1) is 16.4. The van der Waals surface area contributed by atoms with E-state index in [0.717, 1.165) is 31.5 Å². The smallest absolute Gasteiger partial charge is 0.272 e. The molecule has 3 rings (SSSR count). The Morgan fingerprint density at radius 2 is 1.88 bits per heavy atom. The maximum atomic E-state index is 12.9. The molecule has 0 bridgehead atoms. The predicted molar refractivity (Wildman–Crippen MR) is 90.3 cm³/mol. The molecule has 2 aromatic rings. The number of carbonyl (C=O) groups is 1. The van der Waals surface area contributed by atoms with Gasteiger partial charge >= 0.3 is 0 Å². The zero-order valence-electron chi connectivity index (χ0n) is 13.8. The Kier molecular flexibility index (Phi) is 5.03. The van der Waals surface area contributed by atoms with E-state index in [0.29, 0.717) is 23.9 Å². The summed E-state index contributed by atoms with van der Waals surface area (Å²) in [7, 11) is 0. The molecule has 0 spiro atoms. The number of aromatic nitrogens is 2. The number of aryl methyl sites for hydroxylation is 1. The van der Waals surface area contributed by atoms with Crippen LogP contribution < -0.4 is 5.32 Å². The molecule has 1 fully saturated rings. The highest BCUT2D eigenvalue weighted by molar-refractivity contribution is 5.93. The fourth-order valence-electron chi connectivity index (χ4n) is 2.82. The van der Waals surface area contributed by atoms with Gasteiger partial charge in [0.05, 0.1) is 0 Å². The number of amides is 1. The quantitative estimate of drug-likeness (QED) is 0.936. The lowest BCUT2D eigenvalue weighted by atomic mass is 10.1. The molecule has 24 heavy (non-hydrogen) atoms. The van der Waals surface area contributed by atoms with Crippen molar-refractivity contribution in [3.05, 3.63) is 53.2 Å². The van der Waals surface area contributed by atoms with Crippen LogP contribution in [0.5, 0.6) is 0 Å². The SMILES string of the molecule is Cc1nc(NCc2ccc(F)cc2)cc(C(=O)N2CCCCC2)n1. The molecule has 1 aliphatic rings. The van der Waals surface area contributed by atoms with E-state index in [-0.39, 0.29) is 11.7 Å². The van der Waals surface area contributed by atoms with Gasteiger partial charge in [-0.25, -0.2) is 14.4 Å². The summed E-state index contributed by atoms with van der Waals surface area (Å²) >= 11 is 0. The van der Waals surface area contributed by atoms with Gasteiger partial charge in [-0.2, -0.15) is 0 Å². The Labute approximate surface area is 140 Å². The van der Waals surface area contributed by atoms with E-state index in [2.05, 4.69) is 15.3 Å². The van der Waals surface area contributed by atoms with Gasteiger partial charge in [0.1, 0.15) is 23.2 Å². The summed E-state index contributed by atoms with van der Waals surface area (Å²) in [5.41, 5.74) is 1.36. The Hall–Kier alpha value is -2.50. The fraction of sp³-hybridized carbons (Fsp3) is 0.389. The van der Waals surface area contributed by atoms with Crippen LogP contribution in [0.4, 0.5) is 10.2 Å².